The highest BCUT2D eigenvalue weighted by atomic mass is 35.5. The van der Waals surface area contributed by atoms with E-state index in [1.165, 1.54) is 18.2 Å². The largest absolute Gasteiger partial charge is 0.345 e. The van der Waals surface area contributed by atoms with Gasteiger partial charge in [0, 0.05) is 18.3 Å². The maximum atomic E-state index is 12.7. The first-order chi connectivity index (χ1) is 14.9. The summed E-state index contributed by atoms with van der Waals surface area (Å²) in [5.41, 5.74) is 1.63. The summed E-state index contributed by atoms with van der Waals surface area (Å²) in [6.07, 6.45) is 1.79. The van der Waals surface area contributed by atoms with E-state index in [1.54, 1.807) is 16.7 Å². The summed E-state index contributed by atoms with van der Waals surface area (Å²) in [6.45, 7) is 0.233. The molecule has 0 radical (unpaired) electrons. The Morgan fingerprint density at radius 2 is 1.74 bits per heavy atom. The highest BCUT2D eigenvalue weighted by Gasteiger charge is 2.20. The Balaban J connectivity index is 1.49. The number of halogens is 1. The van der Waals surface area contributed by atoms with Crippen LogP contribution in [0.1, 0.15) is 21.7 Å². The maximum absolute atomic E-state index is 12.7. The molecule has 0 fully saturated rings. The monoisotopic (exact) mass is 455 g/mol. The van der Waals surface area contributed by atoms with E-state index in [4.69, 9.17) is 11.6 Å². The summed E-state index contributed by atoms with van der Waals surface area (Å²) in [5, 5.41) is 10.8. The van der Waals surface area contributed by atoms with Gasteiger partial charge in [-0.05, 0) is 35.9 Å². The molecule has 0 saturated heterocycles. The molecule has 0 spiro atoms. The third-order valence-electron chi connectivity index (χ3n) is 4.58. The number of benzene rings is 2. The van der Waals surface area contributed by atoms with Gasteiger partial charge in [0.25, 0.3) is 5.91 Å². The Kier molecular flexibility index (Phi) is 5.99. The third kappa shape index (κ3) is 4.74. The molecule has 158 valence electrons. The van der Waals surface area contributed by atoms with E-state index in [2.05, 4.69) is 20.2 Å². The van der Waals surface area contributed by atoms with E-state index < -0.39 is 15.9 Å². The molecule has 2 N–H and O–H groups in total. The van der Waals surface area contributed by atoms with Gasteiger partial charge in [-0.25, -0.2) is 13.1 Å². The number of amides is 1. The standard InChI is InChI=1S/C21H18ClN5O3S/c22-17-10-9-16(12-18(17)31(29,30)24-13-15-6-2-1-3-7-15)21(28)23-14-20-26-25-19-8-4-5-11-27(19)20/h1-12,24H,13-14H2,(H,23,28). The molecule has 2 heterocycles. The third-order valence-corrected chi connectivity index (χ3v) is 6.47. The van der Waals surface area contributed by atoms with Gasteiger partial charge in [0.05, 0.1) is 11.6 Å². The van der Waals surface area contributed by atoms with Crippen molar-refractivity contribution in [3.63, 3.8) is 0 Å². The Bertz CT molecular complexity index is 1340. The van der Waals surface area contributed by atoms with Crippen molar-refractivity contribution in [2.75, 3.05) is 0 Å². The normalized spacial score (nSPS) is 11.5. The second kappa shape index (κ2) is 8.84. The van der Waals surface area contributed by atoms with E-state index in [-0.39, 0.29) is 28.6 Å². The summed E-state index contributed by atoms with van der Waals surface area (Å²) in [5.74, 6) is 0.0964. The minimum atomic E-state index is -3.92. The minimum absolute atomic E-state index is 0.0283. The van der Waals surface area contributed by atoms with E-state index >= 15 is 0 Å². The summed E-state index contributed by atoms with van der Waals surface area (Å²) in [7, 11) is -3.92. The summed E-state index contributed by atoms with van der Waals surface area (Å²) in [6, 6.07) is 18.7. The number of nitrogens with zero attached hydrogens (tertiary/aromatic N) is 3. The number of nitrogens with one attached hydrogen (secondary N) is 2. The zero-order valence-electron chi connectivity index (χ0n) is 16.2. The molecule has 0 aliphatic carbocycles. The molecule has 4 rings (SSSR count). The van der Waals surface area contributed by atoms with Crippen LogP contribution in [-0.2, 0) is 23.1 Å². The van der Waals surface area contributed by atoms with Crippen LogP contribution in [0.3, 0.4) is 0 Å². The zero-order chi connectivity index (χ0) is 21.8. The van der Waals surface area contributed by atoms with Gasteiger partial charge in [-0.15, -0.1) is 10.2 Å². The fourth-order valence-corrected chi connectivity index (χ4v) is 4.52. The summed E-state index contributed by atoms with van der Waals surface area (Å²) >= 11 is 6.12. The fourth-order valence-electron chi connectivity index (χ4n) is 2.98. The van der Waals surface area contributed by atoms with E-state index in [0.29, 0.717) is 11.5 Å². The Morgan fingerprint density at radius 1 is 0.968 bits per heavy atom. The highest BCUT2D eigenvalue weighted by molar-refractivity contribution is 7.89. The SMILES string of the molecule is O=C(NCc1nnc2ccccn12)c1ccc(Cl)c(S(=O)(=O)NCc2ccccc2)c1. The van der Waals surface area contributed by atoms with Crippen LogP contribution in [-0.4, -0.2) is 28.9 Å². The molecule has 8 nitrogen and oxygen atoms in total. The first kappa shape index (κ1) is 21.0. The van der Waals surface area contributed by atoms with Crippen molar-refractivity contribution < 1.29 is 13.2 Å². The lowest BCUT2D eigenvalue weighted by molar-refractivity contribution is 0.0949. The minimum Gasteiger partial charge on any atom is -0.345 e. The first-order valence-corrected chi connectivity index (χ1v) is 11.2. The van der Waals surface area contributed by atoms with Crippen LogP contribution in [0.25, 0.3) is 5.65 Å². The van der Waals surface area contributed by atoms with Gasteiger partial charge in [0.2, 0.25) is 10.0 Å². The fraction of sp³-hybridized carbons (Fsp3) is 0.0952. The predicted octanol–water partition coefficient (Wildman–Crippen LogP) is 2.79. The van der Waals surface area contributed by atoms with Crippen LogP contribution in [0, 0.1) is 0 Å². The van der Waals surface area contributed by atoms with Crippen LogP contribution < -0.4 is 10.0 Å². The van der Waals surface area contributed by atoms with Gasteiger partial charge in [-0.3, -0.25) is 9.20 Å². The maximum Gasteiger partial charge on any atom is 0.251 e. The number of hydrogen-bond acceptors (Lipinski definition) is 5. The van der Waals surface area contributed by atoms with Gasteiger partial charge in [0.1, 0.15) is 4.90 Å². The molecule has 0 unspecified atom stereocenters. The summed E-state index contributed by atoms with van der Waals surface area (Å²) in [4.78, 5) is 12.5. The highest BCUT2D eigenvalue weighted by Crippen LogP contribution is 2.23. The van der Waals surface area contributed by atoms with E-state index in [0.717, 1.165) is 5.56 Å². The van der Waals surface area contributed by atoms with Crippen LogP contribution >= 0.6 is 11.6 Å². The van der Waals surface area contributed by atoms with Gasteiger partial charge >= 0.3 is 0 Å². The predicted molar refractivity (Wildman–Crippen MR) is 116 cm³/mol. The van der Waals surface area contributed by atoms with E-state index in [9.17, 15) is 13.2 Å². The van der Waals surface area contributed by atoms with Gasteiger partial charge < -0.3 is 5.32 Å². The van der Waals surface area contributed by atoms with Gasteiger partial charge in [-0.2, -0.15) is 0 Å². The Morgan fingerprint density at radius 3 is 2.55 bits per heavy atom. The summed E-state index contributed by atoms with van der Waals surface area (Å²) < 4.78 is 29.7. The lowest BCUT2D eigenvalue weighted by Crippen LogP contribution is -2.26. The van der Waals surface area contributed by atoms with Crippen molar-refractivity contribution in [3.8, 4) is 0 Å². The topological polar surface area (TPSA) is 105 Å². The number of rotatable bonds is 7. The second-order valence-corrected chi connectivity index (χ2v) is 8.83. The van der Waals surface area contributed by atoms with Crippen molar-refractivity contribution >= 4 is 33.2 Å². The second-order valence-electron chi connectivity index (χ2n) is 6.68. The number of carbonyl (C=O) groups is 1. The molecule has 4 aromatic rings. The molecule has 2 aromatic heterocycles. The number of pyridine rings is 1. The van der Waals surface area contributed by atoms with Crippen molar-refractivity contribution in [2.45, 2.75) is 18.0 Å². The lowest BCUT2D eigenvalue weighted by atomic mass is 10.2. The van der Waals surface area contributed by atoms with E-state index in [1.807, 2.05) is 42.5 Å². The van der Waals surface area contributed by atoms with Crippen molar-refractivity contribution in [3.05, 3.63) is 94.9 Å². The molecule has 0 atom stereocenters. The molecule has 0 aliphatic heterocycles. The number of hydrogen-bond donors (Lipinski definition) is 2. The van der Waals surface area contributed by atoms with Crippen LogP contribution in [0.15, 0.2) is 77.8 Å². The molecule has 0 saturated carbocycles. The molecule has 10 heteroatoms. The molecule has 2 aromatic carbocycles. The van der Waals surface area contributed by atoms with Crippen molar-refractivity contribution in [1.82, 2.24) is 24.6 Å². The van der Waals surface area contributed by atoms with Crippen molar-refractivity contribution in [1.29, 1.82) is 0 Å². The number of sulfonamides is 1. The molecule has 0 bridgehead atoms. The molecule has 1 amide bonds. The quantitative estimate of drug-likeness (QED) is 0.445. The smallest absolute Gasteiger partial charge is 0.251 e. The van der Waals surface area contributed by atoms with Crippen molar-refractivity contribution in [2.24, 2.45) is 0 Å². The molecule has 0 aliphatic rings. The number of aromatic nitrogens is 3. The Hall–Kier alpha value is -3.27. The van der Waals surface area contributed by atoms with Gasteiger partial charge in [-0.1, -0.05) is 48.0 Å². The van der Waals surface area contributed by atoms with Gasteiger partial charge in [0.15, 0.2) is 11.5 Å². The Labute approximate surface area is 183 Å². The molecular formula is C21H18ClN5O3S. The first-order valence-electron chi connectivity index (χ1n) is 9.34. The number of carbonyl (C=O) groups excluding carboxylic acids is 1. The van der Waals surface area contributed by atoms with Crippen LogP contribution in [0.4, 0.5) is 0 Å². The van der Waals surface area contributed by atoms with Crippen LogP contribution in [0.2, 0.25) is 5.02 Å². The zero-order valence-corrected chi connectivity index (χ0v) is 17.8. The molecule has 31 heavy (non-hydrogen) atoms. The average molecular weight is 456 g/mol. The average Bonchev–Trinajstić information content (AvgIpc) is 3.20. The number of fused-ring (bicyclic) bond motifs is 1. The molecular weight excluding hydrogens is 438 g/mol. The van der Waals surface area contributed by atoms with Crippen LogP contribution in [0.5, 0.6) is 0 Å². The lowest BCUT2D eigenvalue weighted by Gasteiger charge is -2.11.